The molecule has 140 valence electrons. The van der Waals surface area contributed by atoms with E-state index in [4.69, 9.17) is 4.74 Å². The van der Waals surface area contributed by atoms with Crippen LogP contribution in [0.5, 0.6) is 11.5 Å². The average Bonchev–Trinajstić information content (AvgIpc) is 2.69. The summed E-state index contributed by atoms with van der Waals surface area (Å²) in [6, 6.07) is 10.2. The lowest BCUT2D eigenvalue weighted by atomic mass is 9.92. The van der Waals surface area contributed by atoms with Crippen LogP contribution >= 0.6 is 0 Å². The van der Waals surface area contributed by atoms with E-state index < -0.39 is 5.91 Å². The molecule has 1 aliphatic heterocycles. The quantitative estimate of drug-likeness (QED) is 0.643. The van der Waals surface area contributed by atoms with Crippen LogP contribution in [0, 0.1) is 0 Å². The molecule has 2 amide bonds. The highest BCUT2D eigenvalue weighted by atomic mass is 16.5. The first-order valence-electron chi connectivity index (χ1n) is 8.68. The number of hydrogen-bond acceptors (Lipinski definition) is 4. The number of amides is 2. The van der Waals surface area contributed by atoms with Crippen LogP contribution in [0.3, 0.4) is 0 Å². The van der Waals surface area contributed by atoms with Crippen LogP contribution in [0.2, 0.25) is 0 Å². The maximum atomic E-state index is 13.0. The fourth-order valence-electron chi connectivity index (χ4n) is 3.33. The summed E-state index contributed by atoms with van der Waals surface area (Å²) in [5, 5.41) is 12.4. The number of nitrogens with zero attached hydrogens (tertiary/aromatic N) is 1. The second kappa shape index (κ2) is 7.53. The zero-order valence-corrected chi connectivity index (χ0v) is 15.4. The molecule has 0 aromatic heterocycles. The van der Waals surface area contributed by atoms with Crippen molar-refractivity contribution >= 4 is 17.5 Å². The number of ether oxygens (including phenoxy) is 1. The normalized spacial score (nSPS) is 15.6. The van der Waals surface area contributed by atoms with E-state index in [0.29, 0.717) is 12.1 Å². The topological polar surface area (TPSA) is 78.9 Å². The van der Waals surface area contributed by atoms with Crippen LogP contribution in [-0.4, -0.2) is 35.5 Å². The number of carbonyl (C=O) groups excluding carboxylic acids is 2. The SMILES string of the molecule is C=CC(=O)Nc1cc(C(=O)N2CCc3cc(OC)ccc3C2C)ccc1O. The summed E-state index contributed by atoms with van der Waals surface area (Å²) in [4.78, 5) is 26.4. The van der Waals surface area contributed by atoms with Gasteiger partial charge in [-0.3, -0.25) is 9.59 Å². The van der Waals surface area contributed by atoms with Gasteiger partial charge in [-0.25, -0.2) is 0 Å². The van der Waals surface area contributed by atoms with E-state index in [-0.39, 0.29) is 23.4 Å². The number of anilines is 1. The summed E-state index contributed by atoms with van der Waals surface area (Å²) < 4.78 is 5.28. The Morgan fingerprint density at radius 3 is 2.78 bits per heavy atom. The molecule has 6 nitrogen and oxygen atoms in total. The van der Waals surface area contributed by atoms with Crippen LogP contribution < -0.4 is 10.1 Å². The van der Waals surface area contributed by atoms with Crippen LogP contribution in [0.4, 0.5) is 5.69 Å². The molecule has 27 heavy (non-hydrogen) atoms. The molecule has 0 saturated carbocycles. The Labute approximate surface area is 158 Å². The fourth-order valence-corrected chi connectivity index (χ4v) is 3.33. The van der Waals surface area contributed by atoms with E-state index in [2.05, 4.69) is 11.9 Å². The number of benzene rings is 2. The van der Waals surface area contributed by atoms with Gasteiger partial charge in [-0.2, -0.15) is 0 Å². The van der Waals surface area contributed by atoms with Crippen molar-refractivity contribution in [2.24, 2.45) is 0 Å². The van der Waals surface area contributed by atoms with Gasteiger partial charge in [0, 0.05) is 12.1 Å². The predicted octanol–water partition coefficient (Wildman–Crippen LogP) is 3.28. The van der Waals surface area contributed by atoms with Gasteiger partial charge in [0.15, 0.2) is 0 Å². The van der Waals surface area contributed by atoms with Gasteiger partial charge in [-0.1, -0.05) is 12.6 Å². The molecule has 1 aliphatic rings. The number of carbonyl (C=O) groups is 2. The number of rotatable bonds is 4. The molecule has 1 atom stereocenters. The third-order valence-electron chi connectivity index (χ3n) is 4.84. The molecule has 0 bridgehead atoms. The Morgan fingerprint density at radius 1 is 1.30 bits per heavy atom. The van der Waals surface area contributed by atoms with Crippen molar-refractivity contribution in [1.29, 1.82) is 0 Å². The molecule has 0 saturated heterocycles. The van der Waals surface area contributed by atoms with Gasteiger partial charge in [0.05, 0.1) is 18.8 Å². The van der Waals surface area contributed by atoms with Crippen molar-refractivity contribution in [2.75, 3.05) is 19.0 Å². The van der Waals surface area contributed by atoms with Gasteiger partial charge in [0.2, 0.25) is 5.91 Å². The predicted molar refractivity (Wildman–Crippen MR) is 103 cm³/mol. The van der Waals surface area contributed by atoms with Crippen molar-refractivity contribution in [3.8, 4) is 11.5 Å². The van der Waals surface area contributed by atoms with Crippen molar-refractivity contribution in [1.82, 2.24) is 4.90 Å². The standard InChI is InChI=1S/C21H22N2O4/c1-4-20(25)22-18-12-15(5-8-19(18)24)21(26)23-10-9-14-11-16(27-3)6-7-17(14)13(23)2/h4-8,11-13,24H,1,9-10H2,2-3H3,(H,22,25). The summed E-state index contributed by atoms with van der Waals surface area (Å²) in [5.41, 5.74) is 2.85. The largest absolute Gasteiger partial charge is 0.506 e. The number of phenolic OH excluding ortho intramolecular Hbond substituents is 1. The zero-order valence-electron chi connectivity index (χ0n) is 15.4. The molecule has 0 fully saturated rings. The summed E-state index contributed by atoms with van der Waals surface area (Å²) in [7, 11) is 1.64. The molecule has 0 radical (unpaired) electrons. The van der Waals surface area contributed by atoms with Crippen LogP contribution in [0.25, 0.3) is 0 Å². The minimum Gasteiger partial charge on any atom is -0.506 e. The molecule has 2 N–H and O–H groups in total. The zero-order chi connectivity index (χ0) is 19.6. The number of aromatic hydroxyl groups is 1. The third kappa shape index (κ3) is 3.65. The Kier molecular flexibility index (Phi) is 5.16. The van der Waals surface area contributed by atoms with E-state index in [1.54, 1.807) is 18.1 Å². The number of hydrogen-bond donors (Lipinski definition) is 2. The highest BCUT2D eigenvalue weighted by Crippen LogP contribution is 2.33. The monoisotopic (exact) mass is 366 g/mol. The molecular weight excluding hydrogens is 344 g/mol. The molecule has 1 unspecified atom stereocenters. The minimum absolute atomic E-state index is 0.0906. The molecule has 1 heterocycles. The molecule has 6 heteroatoms. The van der Waals surface area contributed by atoms with Crippen molar-refractivity contribution < 1.29 is 19.4 Å². The molecule has 3 rings (SSSR count). The summed E-state index contributed by atoms with van der Waals surface area (Å²) >= 11 is 0. The maximum absolute atomic E-state index is 13.0. The first-order chi connectivity index (χ1) is 12.9. The third-order valence-corrected chi connectivity index (χ3v) is 4.84. The van der Waals surface area contributed by atoms with E-state index in [9.17, 15) is 14.7 Å². The Balaban J connectivity index is 1.86. The number of methoxy groups -OCH3 is 1. The lowest BCUT2D eigenvalue weighted by Crippen LogP contribution is -2.38. The summed E-state index contributed by atoms with van der Waals surface area (Å²) in [6.07, 6.45) is 1.84. The van der Waals surface area contributed by atoms with E-state index in [1.807, 2.05) is 25.1 Å². The molecular formula is C21H22N2O4. The Morgan fingerprint density at radius 2 is 2.07 bits per heavy atom. The molecule has 0 aliphatic carbocycles. The molecule has 2 aromatic rings. The second-order valence-electron chi connectivity index (χ2n) is 6.41. The summed E-state index contributed by atoms with van der Waals surface area (Å²) in [6.45, 7) is 5.95. The van der Waals surface area contributed by atoms with Crippen molar-refractivity contribution in [3.05, 3.63) is 65.7 Å². The Bertz CT molecular complexity index is 907. The van der Waals surface area contributed by atoms with Crippen molar-refractivity contribution in [3.63, 3.8) is 0 Å². The first kappa shape index (κ1) is 18.5. The second-order valence-corrected chi connectivity index (χ2v) is 6.41. The van der Waals surface area contributed by atoms with Gasteiger partial charge < -0.3 is 20.1 Å². The van der Waals surface area contributed by atoms with Gasteiger partial charge >= 0.3 is 0 Å². The van der Waals surface area contributed by atoms with Crippen molar-refractivity contribution in [2.45, 2.75) is 19.4 Å². The number of nitrogens with one attached hydrogen (secondary N) is 1. The molecule has 0 spiro atoms. The van der Waals surface area contributed by atoms with E-state index >= 15 is 0 Å². The minimum atomic E-state index is -0.455. The average molecular weight is 366 g/mol. The lowest BCUT2D eigenvalue weighted by Gasteiger charge is -2.35. The highest BCUT2D eigenvalue weighted by Gasteiger charge is 2.29. The van der Waals surface area contributed by atoms with E-state index in [1.165, 1.54) is 17.7 Å². The Hall–Kier alpha value is -3.28. The lowest BCUT2D eigenvalue weighted by molar-refractivity contribution is -0.111. The highest BCUT2D eigenvalue weighted by molar-refractivity contribution is 6.02. The van der Waals surface area contributed by atoms with Gasteiger partial charge in [-0.05, 0) is 60.9 Å². The van der Waals surface area contributed by atoms with Crippen LogP contribution in [0.1, 0.15) is 34.5 Å². The van der Waals surface area contributed by atoms with E-state index in [0.717, 1.165) is 23.8 Å². The van der Waals surface area contributed by atoms with Gasteiger partial charge in [-0.15, -0.1) is 0 Å². The maximum Gasteiger partial charge on any atom is 0.254 e. The molecule has 2 aromatic carbocycles. The smallest absolute Gasteiger partial charge is 0.254 e. The summed E-state index contributed by atoms with van der Waals surface area (Å²) in [5.74, 6) is 0.0925. The first-order valence-corrected chi connectivity index (χ1v) is 8.68. The van der Waals surface area contributed by atoms with Gasteiger partial charge in [0.1, 0.15) is 11.5 Å². The number of phenols is 1. The van der Waals surface area contributed by atoms with Crippen LogP contribution in [-0.2, 0) is 11.2 Å². The number of fused-ring (bicyclic) bond motifs is 1. The van der Waals surface area contributed by atoms with Gasteiger partial charge in [0.25, 0.3) is 5.91 Å². The van der Waals surface area contributed by atoms with Crippen LogP contribution in [0.15, 0.2) is 49.1 Å². The fraction of sp³-hybridized carbons (Fsp3) is 0.238.